The van der Waals surface area contributed by atoms with Crippen LogP contribution in [0.2, 0.25) is 0 Å². The largest absolute Gasteiger partial charge is 0.468 e. The van der Waals surface area contributed by atoms with Crippen LogP contribution in [0.3, 0.4) is 0 Å². The lowest BCUT2D eigenvalue weighted by Crippen LogP contribution is -2.46. The number of rotatable bonds is 3. The van der Waals surface area contributed by atoms with E-state index >= 15 is 0 Å². The second kappa shape index (κ2) is 4.69. The first-order valence-electron chi connectivity index (χ1n) is 6.44. The zero-order chi connectivity index (χ0) is 16.3. The maximum Gasteiger partial charge on any atom is 0.324 e. The standard InChI is InChI=1S/C13H12F3NO4S/c1-21-12(18)11-10-9(13(10,15)16)6-17(11)22(19,20)8-4-2-7(14)3-5-8/h2-5,9-11H,6H2,1H3/t9-,10-,11-/m0/s1. The summed E-state index contributed by atoms with van der Waals surface area (Å²) in [5, 5.41) is 0. The number of methoxy groups -OCH3 is 1. The van der Waals surface area contributed by atoms with Gasteiger partial charge in [-0.05, 0) is 24.3 Å². The average molecular weight is 335 g/mol. The summed E-state index contributed by atoms with van der Waals surface area (Å²) in [5.41, 5.74) is 0. The fraction of sp³-hybridized carbons (Fsp3) is 0.462. The lowest BCUT2D eigenvalue weighted by Gasteiger charge is -2.26. The highest BCUT2D eigenvalue weighted by Gasteiger charge is 2.78. The van der Waals surface area contributed by atoms with E-state index in [4.69, 9.17) is 0 Å². The zero-order valence-electron chi connectivity index (χ0n) is 11.4. The summed E-state index contributed by atoms with van der Waals surface area (Å²) in [7, 11) is -3.17. The molecule has 0 aromatic heterocycles. The Bertz CT molecular complexity index is 719. The molecule has 0 amide bonds. The molecule has 2 aliphatic rings. The molecule has 2 fully saturated rings. The van der Waals surface area contributed by atoms with Crippen LogP contribution < -0.4 is 0 Å². The molecule has 0 radical (unpaired) electrons. The first-order chi connectivity index (χ1) is 10.2. The molecule has 0 bridgehead atoms. The van der Waals surface area contributed by atoms with Crippen LogP contribution in [0, 0.1) is 17.7 Å². The lowest BCUT2D eigenvalue weighted by atomic mass is 10.2. The van der Waals surface area contributed by atoms with Gasteiger partial charge in [0.15, 0.2) is 0 Å². The van der Waals surface area contributed by atoms with Crippen LogP contribution in [0.1, 0.15) is 0 Å². The third kappa shape index (κ3) is 2.03. The molecule has 0 unspecified atom stereocenters. The Morgan fingerprint density at radius 2 is 1.91 bits per heavy atom. The van der Waals surface area contributed by atoms with E-state index in [1.807, 2.05) is 0 Å². The van der Waals surface area contributed by atoms with E-state index in [1.165, 1.54) is 0 Å². The van der Waals surface area contributed by atoms with Crippen molar-refractivity contribution in [1.82, 2.24) is 4.31 Å². The average Bonchev–Trinajstić information content (AvgIpc) is 2.85. The maximum absolute atomic E-state index is 13.5. The summed E-state index contributed by atoms with van der Waals surface area (Å²) in [6.45, 7) is -0.461. The van der Waals surface area contributed by atoms with Crippen LogP contribution in [-0.2, 0) is 19.6 Å². The number of ether oxygens (including phenoxy) is 1. The van der Waals surface area contributed by atoms with Gasteiger partial charge in [-0.25, -0.2) is 21.6 Å². The second-order valence-corrected chi connectivity index (χ2v) is 7.19. The normalized spacial score (nSPS) is 29.9. The van der Waals surface area contributed by atoms with Gasteiger partial charge in [-0.3, -0.25) is 4.79 Å². The molecule has 3 rings (SSSR count). The molecule has 1 aromatic rings. The maximum atomic E-state index is 13.5. The quantitative estimate of drug-likeness (QED) is 0.780. The van der Waals surface area contributed by atoms with E-state index < -0.39 is 52.2 Å². The molecular formula is C13H12F3NO4S. The van der Waals surface area contributed by atoms with E-state index in [2.05, 4.69) is 4.74 Å². The molecule has 5 nitrogen and oxygen atoms in total. The summed E-state index contributed by atoms with van der Waals surface area (Å²) < 4.78 is 70.1. The molecule has 120 valence electrons. The van der Waals surface area contributed by atoms with Crippen molar-refractivity contribution in [1.29, 1.82) is 0 Å². The number of carbonyl (C=O) groups excluding carboxylic acids is 1. The van der Waals surface area contributed by atoms with Crippen molar-refractivity contribution >= 4 is 16.0 Å². The van der Waals surface area contributed by atoms with Crippen LogP contribution in [0.5, 0.6) is 0 Å². The molecule has 22 heavy (non-hydrogen) atoms. The SMILES string of the molecule is COC(=O)[C@@H]1[C@@H]2[C@H](CN1S(=O)(=O)c1ccc(F)cc1)C2(F)F. The number of halogens is 3. The van der Waals surface area contributed by atoms with Crippen molar-refractivity contribution in [3.8, 4) is 0 Å². The highest BCUT2D eigenvalue weighted by molar-refractivity contribution is 7.89. The number of alkyl halides is 2. The number of fused-ring (bicyclic) bond motifs is 1. The van der Waals surface area contributed by atoms with Crippen molar-refractivity contribution in [3.05, 3.63) is 30.1 Å². The van der Waals surface area contributed by atoms with Crippen molar-refractivity contribution in [2.24, 2.45) is 11.8 Å². The number of esters is 1. The van der Waals surface area contributed by atoms with Gasteiger partial charge >= 0.3 is 5.97 Å². The Morgan fingerprint density at radius 1 is 1.32 bits per heavy atom. The number of carbonyl (C=O) groups is 1. The Kier molecular flexibility index (Phi) is 3.26. The molecule has 1 aliphatic carbocycles. The topological polar surface area (TPSA) is 63.7 Å². The van der Waals surface area contributed by atoms with Gasteiger partial charge in [-0.1, -0.05) is 0 Å². The van der Waals surface area contributed by atoms with Crippen LogP contribution in [0.15, 0.2) is 29.2 Å². The predicted octanol–water partition coefficient (Wildman–Crippen LogP) is 1.25. The molecule has 1 heterocycles. The van der Waals surface area contributed by atoms with Gasteiger partial charge in [-0.15, -0.1) is 0 Å². The number of sulfonamides is 1. The minimum Gasteiger partial charge on any atom is -0.468 e. The first-order valence-corrected chi connectivity index (χ1v) is 7.88. The number of hydrogen-bond donors (Lipinski definition) is 0. The molecule has 1 aromatic carbocycles. The van der Waals surface area contributed by atoms with E-state index in [1.54, 1.807) is 0 Å². The number of benzene rings is 1. The molecule has 0 spiro atoms. The zero-order valence-corrected chi connectivity index (χ0v) is 12.2. The van der Waals surface area contributed by atoms with Crippen molar-refractivity contribution in [3.63, 3.8) is 0 Å². The Hall–Kier alpha value is -1.61. The third-order valence-electron chi connectivity index (χ3n) is 4.15. The van der Waals surface area contributed by atoms with Crippen LogP contribution in [0.25, 0.3) is 0 Å². The van der Waals surface area contributed by atoms with E-state index in [9.17, 15) is 26.4 Å². The van der Waals surface area contributed by atoms with E-state index in [-0.39, 0.29) is 4.90 Å². The Labute approximate surface area is 124 Å². The summed E-state index contributed by atoms with van der Waals surface area (Å²) in [4.78, 5) is 11.5. The summed E-state index contributed by atoms with van der Waals surface area (Å²) in [5.74, 6) is -7.26. The fourth-order valence-electron chi connectivity index (χ4n) is 2.94. The van der Waals surface area contributed by atoms with E-state index in [0.717, 1.165) is 35.7 Å². The summed E-state index contributed by atoms with van der Waals surface area (Å²) in [6, 6.07) is 2.40. The molecule has 1 aliphatic heterocycles. The molecule has 1 saturated heterocycles. The third-order valence-corrected chi connectivity index (χ3v) is 6.01. The van der Waals surface area contributed by atoms with Gasteiger partial charge < -0.3 is 4.74 Å². The predicted molar refractivity (Wildman–Crippen MR) is 68.0 cm³/mol. The van der Waals surface area contributed by atoms with Crippen molar-refractivity contribution in [2.45, 2.75) is 16.9 Å². The van der Waals surface area contributed by atoms with Crippen LogP contribution >= 0.6 is 0 Å². The Morgan fingerprint density at radius 3 is 2.45 bits per heavy atom. The highest BCUT2D eigenvalue weighted by Crippen LogP contribution is 2.63. The lowest BCUT2D eigenvalue weighted by molar-refractivity contribution is -0.146. The fourth-order valence-corrected chi connectivity index (χ4v) is 4.57. The molecule has 9 heteroatoms. The van der Waals surface area contributed by atoms with Gasteiger partial charge in [0.25, 0.3) is 5.92 Å². The summed E-state index contributed by atoms with van der Waals surface area (Å²) in [6.07, 6.45) is 0. The molecule has 1 saturated carbocycles. The molecule has 3 atom stereocenters. The summed E-state index contributed by atoms with van der Waals surface area (Å²) >= 11 is 0. The van der Waals surface area contributed by atoms with Gasteiger partial charge in [0, 0.05) is 12.5 Å². The smallest absolute Gasteiger partial charge is 0.324 e. The van der Waals surface area contributed by atoms with Gasteiger partial charge in [0.1, 0.15) is 11.9 Å². The van der Waals surface area contributed by atoms with E-state index in [0.29, 0.717) is 0 Å². The first kappa shape index (κ1) is 15.3. The monoisotopic (exact) mass is 335 g/mol. The molecular weight excluding hydrogens is 323 g/mol. The number of nitrogens with zero attached hydrogens (tertiary/aromatic N) is 1. The highest BCUT2D eigenvalue weighted by atomic mass is 32.2. The molecule has 0 N–H and O–H groups in total. The second-order valence-electron chi connectivity index (χ2n) is 5.30. The van der Waals surface area contributed by atoms with Gasteiger partial charge in [0.2, 0.25) is 10.0 Å². The van der Waals surface area contributed by atoms with Crippen LogP contribution in [0.4, 0.5) is 13.2 Å². The van der Waals surface area contributed by atoms with Crippen molar-refractivity contribution < 1.29 is 31.1 Å². The Balaban J connectivity index is 1.97. The van der Waals surface area contributed by atoms with Gasteiger partial charge in [0.05, 0.1) is 17.9 Å². The van der Waals surface area contributed by atoms with Crippen molar-refractivity contribution in [2.75, 3.05) is 13.7 Å². The van der Waals surface area contributed by atoms with Gasteiger partial charge in [-0.2, -0.15) is 4.31 Å². The minimum atomic E-state index is -4.18. The number of hydrogen-bond acceptors (Lipinski definition) is 4. The minimum absolute atomic E-state index is 0.257. The number of piperidine rings is 1. The van der Waals surface area contributed by atoms with Crippen LogP contribution in [-0.4, -0.2) is 44.3 Å².